The van der Waals surface area contributed by atoms with Gasteiger partial charge in [0.05, 0.1) is 0 Å². The first kappa shape index (κ1) is 19.0. The number of nitrogens with zero attached hydrogens (tertiary/aromatic N) is 2. The Morgan fingerprint density at radius 1 is 1.21 bits per heavy atom. The Morgan fingerprint density at radius 2 is 2.00 bits per heavy atom. The van der Waals surface area contributed by atoms with Crippen molar-refractivity contribution in [2.75, 3.05) is 13.1 Å². The molecule has 6 nitrogen and oxygen atoms in total. The molecular formula is C22H29N3O3. The fraction of sp³-hybridized carbons (Fsp3) is 0.545. The molecule has 0 radical (unpaired) electrons. The standard InChI is InChI=1S/C22H29N3O3/c1-4-24(5-2)18-8-10-20(18)28-16-6-7-17-14(3)25(13-15(17)12-16)19-9-11-21(26)23-22(19)27/h6-7,12,18-20H,3-5,8-11,13H2,1-2H3,(H,23,26,27)/t18-,19?,20-/m1/s1. The van der Waals surface area contributed by atoms with Crippen LogP contribution in [0.3, 0.4) is 0 Å². The maximum absolute atomic E-state index is 12.3. The summed E-state index contributed by atoms with van der Waals surface area (Å²) in [5.74, 6) is 0.472. The summed E-state index contributed by atoms with van der Waals surface area (Å²) in [5, 5.41) is 2.44. The van der Waals surface area contributed by atoms with E-state index in [-0.39, 0.29) is 24.0 Å². The molecule has 1 saturated carbocycles. The van der Waals surface area contributed by atoms with Gasteiger partial charge in [0.2, 0.25) is 11.8 Å². The molecule has 1 unspecified atom stereocenters. The second-order valence-corrected chi connectivity index (χ2v) is 7.88. The summed E-state index contributed by atoms with van der Waals surface area (Å²) < 4.78 is 6.31. The minimum Gasteiger partial charge on any atom is -0.489 e. The number of rotatable bonds is 6. The van der Waals surface area contributed by atoms with E-state index in [0.717, 1.165) is 42.1 Å². The van der Waals surface area contributed by atoms with Crippen LogP contribution in [0.4, 0.5) is 0 Å². The van der Waals surface area contributed by atoms with Crippen molar-refractivity contribution in [3.05, 3.63) is 35.9 Å². The number of carbonyl (C=O) groups is 2. The summed E-state index contributed by atoms with van der Waals surface area (Å²) in [6.07, 6.45) is 3.44. The van der Waals surface area contributed by atoms with Gasteiger partial charge < -0.3 is 9.64 Å². The van der Waals surface area contributed by atoms with E-state index in [2.05, 4.69) is 36.7 Å². The van der Waals surface area contributed by atoms with Crippen LogP contribution in [0, 0.1) is 0 Å². The van der Waals surface area contributed by atoms with Crippen molar-refractivity contribution in [3.63, 3.8) is 0 Å². The number of hydrogen-bond donors (Lipinski definition) is 1. The zero-order valence-electron chi connectivity index (χ0n) is 16.7. The third-order valence-electron chi connectivity index (χ3n) is 6.41. The smallest absolute Gasteiger partial charge is 0.249 e. The predicted octanol–water partition coefficient (Wildman–Crippen LogP) is 2.53. The van der Waals surface area contributed by atoms with Gasteiger partial charge in [-0.2, -0.15) is 0 Å². The topological polar surface area (TPSA) is 61.9 Å². The Bertz CT molecular complexity index is 802. The highest BCUT2D eigenvalue weighted by Gasteiger charge is 2.38. The second kappa shape index (κ2) is 7.59. The van der Waals surface area contributed by atoms with E-state index in [1.54, 1.807) is 0 Å². The average Bonchev–Trinajstić information content (AvgIpc) is 2.99. The highest BCUT2D eigenvalue weighted by atomic mass is 16.5. The Labute approximate surface area is 166 Å². The molecule has 1 aromatic rings. The number of piperidine rings is 1. The fourth-order valence-electron chi connectivity index (χ4n) is 4.64. The van der Waals surface area contributed by atoms with E-state index in [0.29, 0.717) is 25.4 Å². The molecule has 3 aliphatic rings. The summed E-state index contributed by atoms with van der Waals surface area (Å²) in [4.78, 5) is 28.2. The first-order valence-electron chi connectivity index (χ1n) is 10.3. The molecule has 1 N–H and O–H groups in total. The number of hydrogen-bond acceptors (Lipinski definition) is 5. The molecule has 28 heavy (non-hydrogen) atoms. The molecule has 0 spiro atoms. The second-order valence-electron chi connectivity index (χ2n) is 7.88. The van der Waals surface area contributed by atoms with Crippen molar-refractivity contribution in [3.8, 4) is 5.75 Å². The lowest BCUT2D eigenvalue weighted by atomic mass is 9.87. The van der Waals surface area contributed by atoms with Gasteiger partial charge in [-0.25, -0.2) is 0 Å². The van der Waals surface area contributed by atoms with Crippen LogP contribution >= 0.6 is 0 Å². The van der Waals surface area contributed by atoms with E-state index in [9.17, 15) is 9.59 Å². The highest BCUT2D eigenvalue weighted by molar-refractivity contribution is 6.01. The molecule has 6 heteroatoms. The molecule has 2 amide bonds. The maximum Gasteiger partial charge on any atom is 0.249 e. The van der Waals surface area contributed by atoms with Crippen LogP contribution in [0.1, 0.15) is 50.7 Å². The van der Waals surface area contributed by atoms with Gasteiger partial charge in [0.15, 0.2) is 0 Å². The number of benzene rings is 1. The SMILES string of the molecule is C=C1c2ccc(O[C@@H]3CC[C@H]3N(CC)CC)cc2CN1C1CCC(=O)NC1=O. The van der Waals surface area contributed by atoms with Gasteiger partial charge in [-0.3, -0.25) is 19.8 Å². The third-order valence-corrected chi connectivity index (χ3v) is 6.41. The summed E-state index contributed by atoms with van der Waals surface area (Å²) in [5.41, 5.74) is 3.04. The van der Waals surface area contributed by atoms with Crippen LogP contribution < -0.4 is 10.1 Å². The summed E-state index contributed by atoms with van der Waals surface area (Å²) in [6.45, 7) is 11.3. The van der Waals surface area contributed by atoms with E-state index >= 15 is 0 Å². The summed E-state index contributed by atoms with van der Waals surface area (Å²) >= 11 is 0. The molecule has 150 valence electrons. The molecule has 2 aliphatic heterocycles. The lowest BCUT2D eigenvalue weighted by molar-refractivity contribution is -0.136. The molecule has 0 bridgehead atoms. The first-order chi connectivity index (χ1) is 13.5. The molecular weight excluding hydrogens is 354 g/mol. The lowest BCUT2D eigenvalue weighted by Gasteiger charge is -2.43. The molecule has 2 fully saturated rings. The quantitative estimate of drug-likeness (QED) is 0.765. The van der Waals surface area contributed by atoms with Crippen molar-refractivity contribution in [2.45, 2.75) is 64.3 Å². The first-order valence-corrected chi connectivity index (χ1v) is 10.3. The predicted molar refractivity (Wildman–Crippen MR) is 108 cm³/mol. The monoisotopic (exact) mass is 383 g/mol. The van der Waals surface area contributed by atoms with Crippen molar-refractivity contribution < 1.29 is 14.3 Å². The summed E-state index contributed by atoms with van der Waals surface area (Å²) in [7, 11) is 0. The van der Waals surface area contributed by atoms with Crippen LogP contribution in [0.2, 0.25) is 0 Å². The summed E-state index contributed by atoms with van der Waals surface area (Å²) in [6, 6.07) is 6.31. The minimum atomic E-state index is -0.333. The molecule has 1 aromatic carbocycles. The van der Waals surface area contributed by atoms with Crippen molar-refractivity contribution in [1.29, 1.82) is 0 Å². The number of imide groups is 1. The van der Waals surface area contributed by atoms with Crippen molar-refractivity contribution in [1.82, 2.24) is 15.1 Å². The van der Waals surface area contributed by atoms with E-state index in [1.807, 2.05) is 17.0 Å². The Kier molecular flexibility index (Phi) is 5.15. The number of nitrogens with one attached hydrogen (secondary N) is 1. The number of amides is 2. The van der Waals surface area contributed by atoms with Crippen LogP contribution in [-0.4, -0.2) is 52.9 Å². The van der Waals surface area contributed by atoms with Gasteiger partial charge in [0.1, 0.15) is 17.9 Å². The molecule has 1 saturated heterocycles. The molecule has 0 aromatic heterocycles. The van der Waals surface area contributed by atoms with E-state index in [4.69, 9.17) is 4.74 Å². The van der Waals surface area contributed by atoms with Crippen LogP contribution in [-0.2, 0) is 16.1 Å². The van der Waals surface area contributed by atoms with Crippen LogP contribution in [0.25, 0.3) is 5.70 Å². The number of ether oxygens (including phenoxy) is 1. The Hall–Kier alpha value is -2.34. The third kappa shape index (κ3) is 3.30. The van der Waals surface area contributed by atoms with Gasteiger partial charge in [-0.05, 0) is 56.1 Å². The van der Waals surface area contributed by atoms with Crippen molar-refractivity contribution >= 4 is 17.5 Å². The van der Waals surface area contributed by atoms with Gasteiger partial charge >= 0.3 is 0 Å². The molecule has 1 aliphatic carbocycles. The fourth-order valence-corrected chi connectivity index (χ4v) is 4.64. The zero-order chi connectivity index (χ0) is 19.8. The zero-order valence-corrected chi connectivity index (χ0v) is 16.7. The maximum atomic E-state index is 12.3. The number of carbonyl (C=O) groups excluding carboxylic acids is 2. The normalized spacial score (nSPS) is 26.9. The molecule has 2 heterocycles. The van der Waals surface area contributed by atoms with Gasteiger partial charge in [0.25, 0.3) is 0 Å². The van der Waals surface area contributed by atoms with E-state index in [1.165, 1.54) is 6.42 Å². The van der Waals surface area contributed by atoms with Crippen molar-refractivity contribution in [2.24, 2.45) is 0 Å². The van der Waals surface area contributed by atoms with Gasteiger partial charge in [-0.1, -0.05) is 20.4 Å². The molecule has 4 rings (SSSR count). The largest absolute Gasteiger partial charge is 0.489 e. The lowest BCUT2D eigenvalue weighted by Crippen LogP contribution is -2.53. The average molecular weight is 383 g/mol. The van der Waals surface area contributed by atoms with Crippen LogP contribution in [0.5, 0.6) is 5.75 Å². The van der Waals surface area contributed by atoms with E-state index < -0.39 is 0 Å². The number of fused-ring (bicyclic) bond motifs is 1. The Balaban J connectivity index is 1.45. The number of likely N-dealkylation sites (N-methyl/N-ethyl adjacent to an activating group) is 1. The van der Waals surface area contributed by atoms with Gasteiger partial charge in [-0.15, -0.1) is 0 Å². The minimum absolute atomic E-state index is 0.192. The Morgan fingerprint density at radius 3 is 2.64 bits per heavy atom. The molecule has 3 atom stereocenters. The highest BCUT2D eigenvalue weighted by Crippen LogP contribution is 2.38. The van der Waals surface area contributed by atoms with Crippen LogP contribution in [0.15, 0.2) is 24.8 Å². The van der Waals surface area contributed by atoms with Gasteiger partial charge in [0, 0.05) is 30.3 Å².